The summed E-state index contributed by atoms with van der Waals surface area (Å²) in [5.41, 5.74) is 12.1. The second-order valence-electron chi connectivity index (χ2n) is 10.5. The fourth-order valence-corrected chi connectivity index (χ4v) is 17.2. The van der Waals surface area contributed by atoms with Crippen molar-refractivity contribution in [2.24, 2.45) is 11.8 Å². The molecule has 2 atom stereocenters. The van der Waals surface area contributed by atoms with Gasteiger partial charge in [-0.25, -0.2) is 0 Å². The third-order valence-electron chi connectivity index (χ3n) is 8.07. The van der Waals surface area contributed by atoms with Crippen molar-refractivity contribution in [2.75, 3.05) is 0 Å². The quantitative estimate of drug-likeness (QED) is 0.289. The molecule has 0 saturated heterocycles. The van der Waals surface area contributed by atoms with Crippen molar-refractivity contribution in [3.63, 3.8) is 0 Å². The van der Waals surface area contributed by atoms with Crippen LogP contribution >= 0.6 is 17.2 Å². The first-order valence-electron chi connectivity index (χ1n) is 12.3. The third-order valence-corrected chi connectivity index (χ3v) is 17.9. The molecule has 0 spiro atoms. The summed E-state index contributed by atoms with van der Waals surface area (Å²) in [4.78, 5) is 0. The molecule has 0 bridgehead atoms. The Balaban J connectivity index is 1.81. The molecule has 0 aliphatic heterocycles. The van der Waals surface area contributed by atoms with Gasteiger partial charge < -0.3 is 0 Å². The van der Waals surface area contributed by atoms with Crippen LogP contribution in [0.4, 0.5) is 0 Å². The molecule has 2 aromatic carbocycles. The van der Waals surface area contributed by atoms with Crippen LogP contribution in [0.15, 0.2) is 70.8 Å². The van der Waals surface area contributed by atoms with Crippen molar-refractivity contribution in [3.05, 3.63) is 82.0 Å². The Labute approximate surface area is 216 Å². The topological polar surface area (TPSA) is 0 Å². The molecular formula is C29H33Cl2HfSi. The van der Waals surface area contributed by atoms with Gasteiger partial charge in [-0.05, 0) is 0 Å². The second kappa shape index (κ2) is 9.49. The van der Waals surface area contributed by atoms with Crippen LogP contribution in [0.3, 0.4) is 0 Å². The molecule has 4 heteroatoms. The van der Waals surface area contributed by atoms with E-state index in [1.165, 1.54) is 47.1 Å². The second-order valence-corrected chi connectivity index (χ2v) is 25.5. The minimum absolute atomic E-state index is 0.302. The first-order valence-corrected chi connectivity index (χ1v) is 25.8. The first kappa shape index (κ1) is 24.2. The maximum absolute atomic E-state index is 6.96. The molecule has 0 heterocycles. The van der Waals surface area contributed by atoms with Gasteiger partial charge >= 0.3 is 217 Å². The molecule has 5 rings (SSSR count). The van der Waals surface area contributed by atoms with Crippen molar-refractivity contribution in [1.29, 1.82) is 0 Å². The molecule has 0 nitrogen and oxygen atoms in total. The van der Waals surface area contributed by atoms with Gasteiger partial charge in [-0.2, -0.15) is 0 Å². The zero-order chi connectivity index (χ0) is 23.4. The predicted molar refractivity (Wildman–Crippen MR) is 144 cm³/mol. The summed E-state index contributed by atoms with van der Waals surface area (Å²) in [6.45, 7) is 12.2. The molecule has 0 N–H and O–H groups in total. The summed E-state index contributed by atoms with van der Waals surface area (Å²) < 4.78 is 0.355. The molecule has 2 unspecified atom stereocenters. The average Bonchev–Trinajstić information content (AvgIpc) is 3.15. The van der Waals surface area contributed by atoms with Crippen LogP contribution in [0, 0.1) is 11.8 Å². The summed E-state index contributed by atoms with van der Waals surface area (Å²) in [6.07, 6.45) is 3.71. The van der Waals surface area contributed by atoms with Crippen LogP contribution < -0.4 is 0 Å². The summed E-state index contributed by atoms with van der Waals surface area (Å²) in [6, 6.07) is 18.1. The first-order chi connectivity index (χ1) is 15.8. The van der Waals surface area contributed by atoms with Gasteiger partial charge in [0.1, 0.15) is 0 Å². The summed E-state index contributed by atoms with van der Waals surface area (Å²) in [7, 11) is 13.4. The van der Waals surface area contributed by atoms with Crippen molar-refractivity contribution in [1.82, 2.24) is 0 Å². The zero-order valence-corrected chi connectivity index (χ0v) is 26.4. The Morgan fingerprint density at radius 2 is 1.45 bits per heavy atom. The third kappa shape index (κ3) is 3.92. The SMILES string of the molecule is CC1=C(C2c3ccccc3-c3ccccc32)C2=C(CCCC(=[Si](C)C)C2C(C)C)[CH]1[Hf]([Cl])[Cl]. The average molecular weight is 659 g/mol. The molecule has 0 radical (unpaired) electrons. The fraction of sp³-hybridized carbons (Fsp3) is 0.414. The van der Waals surface area contributed by atoms with Crippen molar-refractivity contribution >= 4 is 30.7 Å². The van der Waals surface area contributed by atoms with E-state index in [-0.39, 0.29) is 0 Å². The van der Waals surface area contributed by atoms with E-state index in [1.807, 2.05) is 5.17 Å². The molecule has 3 aliphatic rings. The van der Waals surface area contributed by atoms with Crippen molar-refractivity contribution < 1.29 is 19.1 Å². The number of allylic oxidation sites excluding steroid dienone is 4. The van der Waals surface area contributed by atoms with Gasteiger partial charge in [-0.1, -0.05) is 0 Å². The Bertz CT molecular complexity index is 1150. The van der Waals surface area contributed by atoms with E-state index in [9.17, 15) is 0 Å². The summed E-state index contributed by atoms with van der Waals surface area (Å²) >= 11 is -2.74. The van der Waals surface area contributed by atoms with E-state index in [4.69, 9.17) is 17.2 Å². The monoisotopic (exact) mass is 659 g/mol. The van der Waals surface area contributed by atoms with Crippen LogP contribution in [-0.4, -0.2) is 13.6 Å². The van der Waals surface area contributed by atoms with Crippen LogP contribution in [0.2, 0.25) is 16.8 Å². The van der Waals surface area contributed by atoms with Crippen LogP contribution in [0.25, 0.3) is 11.1 Å². The summed E-state index contributed by atoms with van der Waals surface area (Å²) in [5, 5.41) is 1.83. The van der Waals surface area contributed by atoms with Gasteiger partial charge in [0, 0.05) is 0 Å². The van der Waals surface area contributed by atoms with Crippen LogP contribution in [-0.2, 0) is 19.1 Å². The molecule has 3 aliphatic carbocycles. The Kier molecular flexibility index (Phi) is 6.95. The fourth-order valence-electron chi connectivity index (χ4n) is 6.84. The van der Waals surface area contributed by atoms with E-state index < -0.39 is 27.5 Å². The van der Waals surface area contributed by atoms with Crippen LogP contribution in [0.1, 0.15) is 57.1 Å². The Morgan fingerprint density at radius 1 is 0.879 bits per heavy atom. The van der Waals surface area contributed by atoms with Gasteiger partial charge in [0.2, 0.25) is 0 Å². The molecule has 0 aromatic heterocycles. The van der Waals surface area contributed by atoms with Gasteiger partial charge in [0.05, 0.1) is 0 Å². The van der Waals surface area contributed by atoms with Gasteiger partial charge in [0.25, 0.3) is 0 Å². The number of hydrogen-bond acceptors (Lipinski definition) is 0. The number of benzene rings is 2. The Morgan fingerprint density at radius 3 is 1.97 bits per heavy atom. The molecular weight excluding hydrogens is 626 g/mol. The molecule has 2 aromatic rings. The molecule has 0 saturated carbocycles. The van der Waals surface area contributed by atoms with E-state index >= 15 is 0 Å². The molecule has 171 valence electrons. The number of hydrogen-bond donors (Lipinski definition) is 0. The molecule has 0 fully saturated rings. The maximum atomic E-state index is 6.96. The van der Waals surface area contributed by atoms with E-state index in [1.54, 1.807) is 16.7 Å². The van der Waals surface area contributed by atoms with Crippen LogP contribution in [0.5, 0.6) is 0 Å². The van der Waals surface area contributed by atoms with E-state index in [2.05, 4.69) is 82.4 Å². The Hall–Kier alpha value is -0.543. The normalized spacial score (nSPS) is 22.5. The van der Waals surface area contributed by atoms with E-state index in [0.717, 1.165) is 0 Å². The number of halogens is 2. The standard InChI is InChI=1S/C29H33Si.2ClH.Hf/c1-18(2)26-25(30(4)5)16-10-11-20-17-19(3)27(28(20)26)29-23-14-8-6-12-21(23)22-13-7-9-15-24(22)29;;;/h6-9,12-15,17-18,26,29H,10-11,16H2,1-5H3;2*1H;/q;;;+2/p-2. The zero-order valence-electron chi connectivity index (χ0n) is 20.3. The summed E-state index contributed by atoms with van der Waals surface area (Å²) in [5.74, 6) is 1.44. The number of fused-ring (bicyclic) bond motifs is 3. The van der Waals surface area contributed by atoms with E-state index in [0.29, 0.717) is 21.4 Å². The van der Waals surface area contributed by atoms with Crippen molar-refractivity contribution in [2.45, 2.75) is 62.7 Å². The molecule has 33 heavy (non-hydrogen) atoms. The van der Waals surface area contributed by atoms with Crippen molar-refractivity contribution in [3.8, 4) is 11.1 Å². The van der Waals surface area contributed by atoms with Gasteiger partial charge in [-0.15, -0.1) is 0 Å². The number of rotatable bonds is 3. The molecule has 0 amide bonds. The van der Waals surface area contributed by atoms with Gasteiger partial charge in [-0.3, -0.25) is 0 Å². The predicted octanol–water partition coefficient (Wildman–Crippen LogP) is 9.10. The minimum atomic E-state index is -2.74. The van der Waals surface area contributed by atoms with Gasteiger partial charge in [0.15, 0.2) is 0 Å².